The van der Waals surface area contributed by atoms with Gasteiger partial charge in [0, 0.05) is 6.42 Å². The van der Waals surface area contributed by atoms with Gasteiger partial charge in [-0.25, -0.2) is 4.57 Å². The Balaban J connectivity index is 4.41. The van der Waals surface area contributed by atoms with Gasteiger partial charge in [0.25, 0.3) is 0 Å². The largest absolute Gasteiger partial charge is 0.472 e. The Kier molecular flexibility index (Phi) is 43.1. The van der Waals surface area contributed by atoms with Crippen LogP contribution in [-0.4, -0.2) is 73.4 Å². The fourth-order valence-corrected chi connectivity index (χ4v) is 7.84. The number of hydrogen-bond acceptors (Lipinski definition) is 5. The average molecular weight is 892 g/mol. The van der Waals surface area contributed by atoms with Crippen molar-refractivity contribution in [2.24, 2.45) is 0 Å². The quantitative estimate of drug-likeness (QED) is 0.0243. The predicted octanol–water partition coefficient (Wildman–Crippen LogP) is 15.0. The van der Waals surface area contributed by atoms with Gasteiger partial charge >= 0.3 is 7.82 Å². The summed E-state index contributed by atoms with van der Waals surface area (Å²) in [4.78, 5) is 23.2. The molecule has 0 radical (unpaired) electrons. The summed E-state index contributed by atoms with van der Waals surface area (Å²) in [6.07, 6.45) is 58.8. The summed E-state index contributed by atoms with van der Waals surface area (Å²) in [5.74, 6) is -0.200. The Morgan fingerprint density at radius 2 is 0.935 bits per heavy atom. The molecule has 62 heavy (non-hydrogen) atoms. The molecule has 0 rings (SSSR count). The molecule has 3 atom stereocenters. The van der Waals surface area contributed by atoms with Crippen LogP contribution in [0.25, 0.3) is 0 Å². The Labute approximate surface area is 383 Å². The molecular weight excluding hydrogens is 792 g/mol. The highest BCUT2D eigenvalue weighted by Gasteiger charge is 2.27. The fraction of sp³-hybridized carbons (Fsp3) is 0.792. The number of amides is 1. The van der Waals surface area contributed by atoms with Crippen LogP contribution in [0.4, 0.5) is 0 Å². The molecule has 3 unspecified atom stereocenters. The third-order valence-electron chi connectivity index (χ3n) is 11.2. The molecule has 0 fully saturated rings. The molecule has 0 aliphatic carbocycles. The molecular formula is C53H100N2O6P+. The van der Waals surface area contributed by atoms with Crippen LogP contribution >= 0.6 is 7.82 Å². The van der Waals surface area contributed by atoms with Crippen molar-refractivity contribution in [3.05, 3.63) is 60.8 Å². The molecule has 8 nitrogen and oxygen atoms in total. The van der Waals surface area contributed by atoms with Crippen molar-refractivity contribution in [2.45, 2.75) is 231 Å². The maximum atomic E-state index is 12.9. The van der Waals surface area contributed by atoms with Gasteiger partial charge in [-0.1, -0.05) is 197 Å². The number of rotatable bonds is 46. The Hall–Kier alpha value is -1.80. The van der Waals surface area contributed by atoms with Crippen LogP contribution in [0.5, 0.6) is 0 Å². The standard InChI is InChI=1S/C53H99N2O6P/c1-6-8-10-12-14-16-18-20-22-24-25-26-27-28-29-31-32-34-36-38-40-42-44-46-52(56)51(50-61-62(58,59)60-49-48-55(3,4)5)54-53(57)47-45-43-41-39-37-35-33-30-23-21-19-17-15-13-11-9-7-2/h15,17,21,23,29,31,36,38,44,46,51-52,56H,6-14,16,18-20,22,24-28,30,32-35,37,39-43,45,47-50H2,1-5H3,(H-,54,57,58,59)/p+1/b17-15-,23-21-,31-29+,38-36+,46-44+. The first kappa shape index (κ1) is 60.2. The zero-order valence-corrected chi connectivity index (χ0v) is 42.0. The third kappa shape index (κ3) is 46.2. The smallest absolute Gasteiger partial charge is 0.387 e. The van der Waals surface area contributed by atoms with Crippen molar-refractivity contribution >= 4 is 13.7 Å². The number of aliphatic hydroxyl groups excluding tert-OH is 1. The fourth-order valence-electron chi connectivity index (χ4n) is 7.10. The molecule has 9 heteroatoms. The lowest BCUT2D eigenvalue weighted by molar-refractivity contribution is -0.870. The Morgan fingerprint density at radius 1 is 0.548 bits per heavy atom. The number of phosphoric acid groups is 1. The number of quaternary nitrogens is 1. The first-order valence-corrected chi connectivity index (χ1v) is 27.2. The number of allylic oxidation sites excluding steroid dienone is 9. The van der Waals surface area contributed by atoms with Crippen molar-refractivity contribution in [1.29, 1.82) is 0 Å². The van der Waals surface area contributed by atoms with Gasteiger partial charge in [-0.15, -0.1) is 0 Å². The number of phosphoric ester groups is 1. The van der Waals surface area contributed by atoms with Crippen molar-refractivity contribution in [1.82, 2.24) is 5.32 Å². The van der Waals surface area contributed by atoms with E-state index in [0.717, 1.165) is 64.2 Å². The highest BCUT2D eigenvalue weighted by Crippen LogP contribution is 2.43. The van der Waals surface area contributed by atoms with Crippen LogP contribution in [0.3, 0.4) is 0 Å². The Bertz CT molecular complexity index is 1190. The van der Waals surface area contributed by atoms with Crippen LogP contribution in [0, 0.1) is 0 Å². The molecule has 0 bridgehead atoms. The normalized spacial score (nSPS) is 14.6. The minimum Gasteiger partial charge on any atom is -0.387 e. The first-order chi connectivity index (χ1) is 30.0. The molecule has 362 valence electrons. The average Bonchev–Trinajstić information content (AvgIpc) is 3.23. The van der Waals surface area contributed by atoms with Gasteiger partial charge in [0.15, 0.2) is 0 Å². The lowest BCUT2D eigenvalue weighted by Gasteiger charge is -2.25. The van der Waals surface area contributed by atoms with Gasteiger partial charge in [-0.05, 0) is 77.0 Å². The SMILES string of the molecule is CCCCC/C=C\C/C=C\CCCCCCCCCC(=O)NC(COP(=O)(O)OCC[N+](C)(C)C)C(O)/C=C/CC/C=C/CC/C=C/CCCCCCCCCCCCCCC. The van der Waals surface area contributed by atoms with Crippen molar-refractivity contribution in [3.8, 4) is 0 Å². The molecule has 0 saturated heterocycles. The van der Waals surface area contributed by atoms with Crippen molar-refractivity contribution in [3.63, 3.8) is 0 Å². The summed E-state index contributed by atoms with van der Waals surface area (Å²) in [5.41, 5.74) is 0. The van der Waals surface area contributed by atoms with E-state index in [9.17, 15) is 19.4 Å². The second-order valence-corrected chi connectivity index (χ2v) is 20.0. The van der Waals surface area contributed by atoms with Gasteiger partial charge in [-0.3, -0.25) is 13.8 Å². The van der Waals surface area contributed by atoms with Crippen LogP contribution in [-0.2, 0) is 18.4 Å². The summed E-state index contributed by atoms with van der Waals surface area (Å²) in [7, 11) is 1.54. The van der Waals surface area contributed by atoms with Gasteiger partial charge < -0.3 is 19.8 Å². The van der Waals surface area contributed by atoms with E-state index in [1.54, 1.807) is 6.08 Å². The lowest BCUT2D eigenvalue weighted by Crippen LogP contribution is -2.45. The summed E-state index contributed by atoms with van der Waals surface area (Å²) in [6.45, 7) is 4.76. The molecule has 0 aromatic rings. The van der Waals surface area contributed by atoms with E-state index in [4.69, 9.17) is 9.05 Å². The summed E-state index contributed by atoms with van der Waals surface area (Å²) in [5, 5.41) is 13.9. The zero-order chi connectivity index (χ0) is 45.7. The number of carbonyl (C=O) groups is 1. The lowest BCUT2D eigenvalue weighted by atomic mass is 10.0. The second kappa shape index (κ2) is 44.4. The monoisotopic (exact) mass is 892 g/mol. The van der Waals surface area contributed by atoms with Gasteiger partial charge in [0.2, 0.25) is 5.91 Å². The molecule has 0 aliphatic rings. The number of hydrogen-bond donors (Lipinski definition) is 3. The number of unbranched alkanes of at least 4 members (excludes halogenated alkanes) is 25. The number of nitrogens with zero attached hydrogens (tertiary/aromatic N) is 1. The molecule has 1 amide bonds. The summed E-state index contributed by atoms with van der Waals surface area (Å²) < 4.78 is 23.6. The van der Waals surface area contributed by atoms with E-state index < -0.39 is 20.0 Å². The maximum Gasteiger partial charge on any atom is 0.472 e. The van der Waals surface area contributed by atoms with Crippen LogP contribution in [0.1, 0.15) is 219 Å². The molecule has 0 heterocycles. The van der Waals surface area contributed by atoms with Crippen LogP contribution in [0.15, 0.2) is 60.8 Å². The van der Waals surface area contributed by atoms with Gasteiger partial charge in [-0.2, -0.15) is 0 Å². The maximum absolute atomic E-state index is 12.9. The number of aliphatic hydroxyl groups is 1. The number of nitrogens with one attached hydrogen (secondary N) is 1. The summed E-state index contributed by atoms with van der Waals surface area (Å²) >= 11 is 0. The third-order valence-corrected chi connectivity index (χ3v) is 12.2. The molecule has 0 aromatic heterocycles. The van der Waals surface area contributed by atoms with E-state index >= 15 is 0 Å². The van der Waals surface area contributed by atoms with Crippen molar-refractivity contribution in [2.75, 3.05) is 40.9 Å². The van der Waals surface area contributed by atoms with Crippen molar-refractivity contribution < 1.29 is 32.9 Å². The van der Waals surface area contributed by atoms with E-state index in [1.165, 1.54) is 135 Å². The van der Waals surface area contributed by atoms with E-state index in [2.05, 4.69) is 67.8 Å². The number of carbonyl (C=O) groups excluding carboxylic acids is 1. The van der Waals surface area contributed by atoms with Gasteiger partial charge in [0.05, 0.1) is 39.9 Å². The molecule has 0 aliphatic heterocycles. The summed E-state index contributed by atoms with van der Waals surface area (Å²) in [6, 6.07) is -0.876. The molecule has 3 N–H and O–H groups in total. The van der Waals surface area contributed by atoms with E-state index in [1.807, 2.05) is 27.2 Å². The zero-order valence-electron chi connectivity index (χ0n) is 41.1. The highest BCUT2D eigenvalue weighted by atomic mass is 31.2. The minimum absolute atomic E-state index is 0.0498. The second-order valence-electron chi connectivity index (χ2n) is 18.5. The topological polar surface area (TPSA) is 105 Å². The van der Waals surface area contributed by atoms with Crippen LogP contribution in [0.2, 0.25) is 0 Å². The minimum atomic E-state index is -4.36. The highest BCUT2D eigenvalue weighted by molar-refractivity contribution is 7.47. The molecule has 0 spiro atoms. The first-order valence-electron chi connectivity index (χ1n) is 25.7. The van der Waals surface area contributed by atoms with E-state index in [-0.39, 0.29) is 19.1 Å². The number of likely N-dealkylation sites (N-methyl/N-ethyl adjacent to an activating group) is 1. The predicted molar refractivity (Wildman–Crippen MR) is 267 cm³/mol. The van der Waals surface area contributed by atoms with Gasteiger partial charge in [0.1, 0.15) is 13.2 Å². The van der Waals surface area contributed by atoms with E-state index in [0.29, 0.717) is 17.4 Å². The Morgan fingerprint density at radius 3 is 1.42 bits per heavy atom. The van der Waals surface area contributed by atoms with Crippen LogP contribution < -0.4 is 5.32 Å². The molecule has 0 saturated carbocycles. The molecule has 0 aromatic carbocycles.